The zero-order valence-corrected chi connectivity index (χ0v) is 13.1. The molecule has 1 aromatic heterocycles. The van der Waals surface area contributed by atoms with Crippen molar-refractivity contribution in [3.05, 3.63) is 16.4 Å². The molecule has 4 heteroatoms. The number of rotatable bonds is 4. The largest absolute Gasteiger partial charge is 0.327 e. The molecule has 0 spiro atoms. The molecule has 2 rings (SSSR count). The smallest absolute Gasteiger partial charge is 0.0847 e. The maximum absolute atomic E-state index is 6.41. The van der Waals surface area contributed by atoms with Crippen LogP contribution >= 0.6 is 11.6 Å². The van der Waals surface area contributed by atoms with E-state index in [9.17, 15) is 0 Å². The molecule has 1 unspecified atom stereocenters. The summed E-state index contributed by atoms with van der Waals surface area (Å²) >= 11 is 6.30. The van der Waals surface area contributed by atoms with Gasteiger partial charge in [0, 0.05) is 19.5 Å². The Bertz CT molecular complexity index is 419. The zero-order chi connectivity index (χ0) is 14.0. The second-order valence-corrected chi connectivity index (χ2v) is 6.40. The van der Waals surface area contributed by atoms with Gasteiger partial charge in [0.1, 0.15) is 0 Å². The highest BCUT2D eigenvalue weighted by atomic mass is 35.5. The molecule has 3 nitrogen and oxygen atoms in total. The van der Waals surface area contributed by atoms with Crippen molar-refractivity contribution in [3.8, 4) is 0 Å². The summed E-state index contributed by atoms with van der Waals surface area (Å²) in [6.45, 7) is 4.24. The van der Waals surface area contributed by atoms with Crippen LogP contribution in [-0.2, 0) is 13.5 Å². The van der Waals surface area contributed by atoms with Crippen molar-refractivity contribution in [2.75, 3.05) is 0 Å². The fourth-order valence-electron chi connectivity index (χ4n) is 3.32. The molecule has 0 saturated heterocycles. The lowest BCUT2D eigenvalue weighted by Crippen LogP contribution is -2.35. The molecule has 0 aliphatic heterocycles. The number of halogens is 1. The van der Waals surface area contributed by atoms with Gasteiger partial charge in [0.2, 0.25) is 0 Å². The topological polar surface area (TPSA) is 43.8 Å². The van der Waals surface area contributed by atoms with Crippen LogP contribution in [0.25, 0.3) is 0 Å². The van der Waals surface area contributed by atoms with E-state index in [2.05, 4.69) is 12.0 Å². The van der Waals surface area contributed by atoms with Crippen molar-refractivity contribution < 1.29 is 0 Å². The minimum absolute atomic E-state index is 0.213. The van der Waals surface area contributed by atoms with Crippen LogP contribution in [0.1, 0.15) is 50.4 Å². The van der Waals surface area contributed by atoms with E-state index in [1.807, 2.05) is 18.7 Å². The number of nitrogens with zero attached hydrogens (tertiary/aromatic N) is 2. The summed E-state index contributed by atoms with van der Waals surface area (Å²) in [5.41, 5.74) is 8.41. The summed E-state index contributed by atoms with van der Waals surface area (Å²) in [5.74, 6) is 1.57. The molecule has 1 fully saturated rings. The summed E-state index contributed by atoms with van der Waals surface area (Å²) in [6.07, 6.45) is 7.38. The van der Waals surface area contributed by atoms with Gasteiger partial charge in [0.25, 0.3) is 0 Å². The summed E-state index contributed by atoms with van der Waals surface area (Å²) in [6, 6.07) is 0.213. The second-order valence-electron chi connectivity index (χ2n) is 6.03. The Morgan fingerprint density at radius 2 is 2.00 bits per heavy atom. The van der Waals surface area contributed by atoms with Gasteiger partial charge in [-0.2, -0.15) is 5.10 Å². The van der Waals surface area contributed by atoms with Crippen LogP contribution in [0, 0.1) is 18.8 Å². The van der Waals surface area contributed by atoms with Gasteiger partial charge in [0.05, 0.1) is 16.4 Å². The molecule has 0 radical (unpaired) electrons. The summed E-state index contributed by atoms with van der Waals surface area (Å²) in [7, 11) is 1.95. The quantitative estimate of drug-likeness (QED) is 0.919. The maximum atomic E-state index is 6.41. The summed E-state index contributed by atoms with van der Waals surface area (Å²) in [5, 5.41) is 5.16. The van der Waals surface area contributed by atoms with Crippen molar-refractivity contribution in [1.82, 2.24) is 9.78 Å². The number of aromatic nitrogens is 2. The predicted octanol–water partition coefficient (Wildman–Crippen LogP) is 3.47. The second kappa shape index (κ2) is 6.27. The first kappa shape index (κ1) is 14.9. The molecule has 1 aliphatic rings. The van der Waals surface area contributed by atoms with Gasteiger partial charge in [-0.25, -0.2) is 0 Å². The van der Waals surface area contributed by atoms with Crippen LogP contribution < -0.4 is 5.73 Å². The third-order valence-electron chi connectivity index (χ3n) is 4.76. The number of aryl methyl sites for hydroxylation is 2. The third-order valence-corrected chi connectivity index (χ3v) is 5.26. The molecule has 1 saturated carbocycles. The van der Waals surface area contributed by atoms with Gasteiger partial charge in [-0.3, -0.25) is 4.68 Å². The van der Waals surface area contributed by atoms with Crippen LogP contribution in [0.5, 0.6) is 0 Å². The van der Waals surface area contributed by atoms with E-state index in [4.69, 9.17) is 17.3 Å². The summed E-state index contributed by atoms with van der Waals surface area (Å²) < 4.78 is 1.88. The van der Waals surface area contributed by atoms with E-state index in [-0.39, 0.29) is 6.04 Å². The molecule has 108 valence electrons. The first-order chi connectivity index (χ1) is 9.02. The van der Waals surface area contributed by atoms with Crippen LogP contribution in [-0.4, -0.2) is 15.8 Å². The third kappa shape index (κ3) is 3.32. The highest BCUT2D eigenvalue weighted by Gasteiger charge is 2.26. The molecular formula is C15H26ClN3. The van der Waals surface area contributed by atoms with Gasteiger partial charge in [0.15, 0.2) is 0 Å². The molecule has 1 aliphatic carbocycles. The Kier molecular flexibility index (Phi) is 4.91. The standard InChI is InChI=1S/C15H26ClN3/c1-4-11-5-7-12(8-6-11)13(17)9-14-15(16)10(2)18-19(14)3/h11-13H,4-9,17H2,1-3H3. The number of hydrogen-bond donors (Lipinski definition) is 1. The van der Waals surface area contributed by atoms with Crippen LogP contribution in [0.3, 0.4) is 0 Å². The highest BCUT2D eigenvalue weighted by molar-refractivity contribution is 6.31. The lowest BCUT2D eigenvalue weighted by molar-refractivity contribution is 0.236. The molecular weight excluding hydrogens is 258 g/mol. The average molecular weight is 284 g/mol. The monoisotopic (exact) mass is 283 g/mol. The van der Waals surface area contributed by atoms with Crippen LogP contribution in [0.2, 0.25) is 5.02 Å². The van der Waals surface area contributed by atoms with E-state index >= 15 is 0 Å². The highest BCUT2D eigenvalue weighted by Crippen LogP contribution is 2.33. The van der Waals surface area contributed by atoms with Crippen LogP contribution in [0.15, 0.2) is 0 Å². The van der Waals surface area contributed by atoms with E-state index in [0.29, 0.717) is 5.92 Å². The van der Waals surface area contributed by atoms with Crippen molar-refractivity contribution in [3.63, 3.8) is 0 Å². The van der Waals surface area contributed by atoms with Crippen molar-refractivity contribution >= 4 is 11.6 Å². The molecule has 0 aromatic carbocycles. The Hall–Kier alpha value is -0.540. The van der Waals surface area contributed by atoms with Gasteiger partial charge in [-0.15, -0.1) is 0 Å². The number of nitrogens with two attached hydrogens (primary N) is 1. The van der Waals surface area contributed by atoms with Crippen molar-refractivity contribution in [2.45, 2.75) is 58.4 Å². The SMILES string of the molecule is CCC1CCC(C(N)Cc2c(Cl)c(C)nn2C)CC1. The maximum Gasteiger partial charge on any atom is 0.0847 e. The first-order valence-corrected chi connectivity index (χ1v) is 7.84. The lowest BCUT2D eigenvalue weighted by Gasteiger charge is -2.31. The molecule has 1 aromatic rings. The summed E-state index contributed by atoms with van der Waals surface area (Å²) in [4.78, 5) is 0. The first-order valence-electron chi connectivity index (χ1n) is 7.46. The zero-order valence-electron chi connectivity index (χ0n) is 12.3. The van der Waals surface area contributed by atoms with Crippen LogP contribution in [0.4, 0.5) is 0 Å². The van der Waals surface area contributed by atoms with Gasteiger partial charge in [-0.1, -0.05) is 37.8 Å². The molecule has 0 bridgehead atoms. The fourth-order valence-corrected chi connectivity index (χ4v) is 3.55. The van der Waals surface area contributed by atoms with Gasteiger partial charge in [-0.05, 0) is 31.6 Å². The predicted molar refractivity (Wildman–Crippen MR) is 80.4 cm³/mol. The minimum Gasteiger partial charge on any atom is -0.327 e. The van der Waals surface area contributed by atoms with Crippen molar-refractivity contribution in [2.24, 2.45) is 24.6 Å². The van der Waals surface area contributed by atoms with E-state index in [1.54, 1.807) is 0 Å². The normalized spacial score (nSPS) is 25.5. The van der Waals surface area contributed by atoms with Crippen molar-refractivity contribution in [1.29, 1.82) is 0 Å². The molecule has 19 heavy (non-hydrogen) atoms. The molecule has 1 atom stereocenters. The van der Waals surface area contributed by atoms with Gasteiger partial charge >= 0.3 is 0 Å². The average Bonchev–Trinajstić information content (AvgIpc) is 2.65. The fraction of sp³-hybridized carbons (Fsp3) is 0.800. The number of hydrogen-bond acceptors (Lipinski definition) is 2. The molecule has 1 heterocycles. The Labute approximate surface area is 121 Å². The Morgan fingerprint density at radius 1 is 1.37 bits per heavy atom. The van der Waals surface area contributed by atoms with E-state index in [0.717, 1.165) is 28.7 Å². The van der Waals surface area contributed by atoms with E-state index in [1.165, 1.54) is 32.1 Å². The van der Waals surface area contributed by atoms with E-state index < -0.39 is 0 Å². The Balaban J connectivity index is 1.96. The van der Waals surface area contributed by atoms with Gasteiger partial charge < -0.3 is 5.73 Å². The lowest BCUT2D eigenvalue weighted by atomic mass is 9.77. The minimum atomic E-state index is 0.213. The molecule has 0 amide bonds. The molecule has 2 N–H and O–H groups in total. The Morgan fingerprint density at radius 3 is 2.47 bits per heavy atom.